The molecule has 3 N–H and O–H groups in total. The van der Waals surface area contributed by atoms with Gasteiger partial charge in [0.15, 0.2) is 6.61 Å². The van der Waals surface area contributed by atoms with Gasteiger partial charge in [0.25, 0.3) is 5.91 Å². The first-order chi connectivity index (χ1) is 8.75. The van der Waals surface area contributed by atoms with Gasteiger partial charge in [0.2, 0.25) is 0 Å². The summed E-state index contributed by atoms with van der Waals surface area (Å²) in [4.78, 5) is 11.7. The van der Waals surface area contributed by atoms with Gasteiger partial charge in [0.05, 0.1) is 0 Å². The van der Waals surface area contributed by atoms with E-state index in [-0.39, 0.29) is 24.6 Å². The number of benzene rings is 1. The van der Waals surface area contributed by atoms with Crippen molar-refractivity contribution in [2.45, 2.75) is 37.8 Å². The fraction of sp³-hybridized carbons (Fsp3) is 0.500. The van der Waals surface area contributed by atoms with Crippen molar-refractivity contribution in [3.05, 3.63) is 30.3 Å². The Hall–Kier alpha value is -1.55. The molecule has 0 spiro atoms. The van der Waals surface area contributed by atoms with Gasteiger partial charge in [0.1, 0.15) is 5.75 Å². The number of ether oxygens (including phenoxy) is 1. The van der Waals surface area contributed by atoms with Gasteiger partial charge < -0.3 is 15.8 Å². The van der Waals surface area contributed by atoms with Crippen molar-refractivity contribution >= 4 is 5.91 Å². The summed E-state index contributed by atoms with van der Waals surface area (Å²) in [5, 5.41) is 2.95. The van der Waals surface area contributed by atoms with E-state index in [0.29, 0.717) is 5.75 Å². The van der Waals surface area contributed by atoms with Crippen LogP contribution in [0.2, 0.25) is 0 Å². The maximum Gasteiger partial charge on any atom is 0.258 e. The van der Waals surface area contributed by atoms with E-state index < -0.39 is 0 Å². The van der Waals surface area contributed by atoms with Crippen LogP contribution in [0.3, 0.4) is 0 Å². The fourth-order valence-electron chi connectivity index (χ4n) is 2.25. The second-order valence-corrected chi connectivity index (χ2v) is 4.72. The smallest absolute Gasteiger partial charge is 0.258 e. The van der Waals surface area contributed by atoms with Crippen molar-refractivity contribution in [2.24, 2.45) is 5.73 Å². The van der Waals surface area contributed by atoms with Crippen LogP contribution in [-0.4, -0.2) is 24.6 Å². The molecule has 1 fully saturated rings. The molecule has 1 aromatic rings. The quantitative estimate of drug-likeness (QED) is 0.847. The lowest BCUT2D eigenvalue weighted by atomic mass is 9.91. The van der Waals surface area contributed by atoms with Gasteiger partial charge in [-0.15, -0.1) is 0 Å². The zero-order valence-corrected chi connectivity index (χ0v) is 10.5. The third kappa shape index (κ3) is 3.74. The number of nitrogens with one attached hydrogen (secondary N) is 1. The molecule has 1 aliphatic carbocycles. The standard InChI is InChI=1S/C14H20N2O2/c15-12-8-4-5-9-13(12)16-14(17)10-18-11-6-2-1-3-7-11/h1-3,6-7,12-13H,4-5,8-10,15H2,(H,16,17). The molecule has 0 saturated heterocycles. The Kier molecular flexibility index (Phi) is 4.59. The summed E-state index contributed by atoms with van der Waals surface area (Å²) < 4.78 is 5.39. The summed E-state index contributed by atoms with van der Waals surface area (Å²) in [6, 6.07) is 9.52. The number of rotatable bonds is 4. The normalized spacial score (nSPS) is 23.4. The zero-order valence-electron chi connectivity index (χ0n) is 10.5. The average Bonchev–Trinajstić information content (AvgIpc) is 2.40. The summed E-state index contributed by atoms with van der Waals surface area (Å²) in [7, 11) is 0. The fourth-order valence-corrected chi connectivity index (χ4v) is 2.25. The van der Waals surface area contributed by atoms with E-state index in [0.717, 1.165) is 25.7 Å². The van der Waals surface area contributed by atoms with Crippen molar-refractivity contribution in [2.75, 3.05) is 6.61 Å². The highest BCUT2D eigenvalue weighted by molar-refractivity contribution is 5.77. The number of para-hydroxylation sites is 1. The van der Waals surface area contributed by atoms with Crippen LogP contribution in [0.5, 0.6) is 5.75 Å². The molecule has 0 aromatic heterocycles. The molecule has 1 aromatic carbocycles. The number of hydrogen-bond donors (Lipinski definition) is 2. The Morgan fingerprint density at radius 2 is 2.00 bits per heavy atom. The predicted octanol–water partition coefficient (Wildman–Crippen LogP) is 1.45. The maximum absolute atomic E-state index is 11.7. The molecule has 98 valence electrons. The van der Waals surface area contributed by atoms with Crippen LogP contribution in [0, 0.1) is 0 Å². The molecule has 0 radical (unpaired) electrons. The molecule has 1 amide bonds. The highest BCUT2D eigenvalue weighted by Gasteiger charge is 2.23. The predicted molar refractivity (Wildman–Crippen MR) is 70.3 cm³/mol. The Morgan fingerprint density at radius 1 is 1.28 bits per heavy atom. The molecular formula is C14H20N2O2. The van der Waals surface area contributed by atoms with Crippen molar-refractivity contribution < 1.29 is 9.53 Å². The van der Waals surface area contributed by atoms with Gasteiger partial charge in [-0.25, -0.2) is 0 Å². The first kappa shape index (κ1) is 12.9. The third-order valence-electron chi connectivity index (χ3n) is 3.28. The second-order valence-electron chi connectivity index (χ2n) is 4.72. The Labute approximate surface area is 108 Å². The summed E-state index contributed by atoms with van der Waals surface area (Å²) >= 11 is 0. The van der Waals surface area contributed by atoms with Crippen LogP contribution < -0.4 is 15.8 Å². The van der Waals surface area contributed by atoms with Crippen molar-refractivity contribution in [1.29, 1.82) is 0 Å². The number of hydrogen-bond acceptors (Lipinski definition) is 3. The summed E-state index contributed by atoms with van der Waals surface area (Å²) in [6.07, 6.45) is 4.26. The van der Waals surface area contributed by atoms with E-state index in [1.165, 1.54) is 0 Å². The number of carbonyl (C=O) groups excluding carboxylic acids is 1. The minimum absolute atomic E-state index is 0.0488. The van der Waals surface area contributed by atoms with Crippen molar-refractivity contribution in [3.63, 3.8) is 0 Å². The van der Waals surface area contributed by atoms with Crippen LogP contribution in [-0.2, 0) is 4.79 Å². The molecule has 4 nitrogen and oxygen atoms in total. The van der Waals surface area contributed by atoms with Gasteiger partial charge >= 0.3 is 0 Å². The number of amides is 1. The van der Waals surface area contributed by atoms with Crippen LogP contribution in [0.25, 0.3) is 0 Å². The number of carbonyl (C=O) groups is 1. The highest BCUT2D eigenvalue weighted by atomic mass is 16.5. The topological polar surface area (TPSA) is 64.3 Å². The molecule has 2 unspecified atom stereocenters. The molecule has 1 saturated carbocycles. The lowest BCUT2D eigenvalue weighted by Crippen LogP contribution is -2.50. The maximum atomic E-state index is 11.7. The minimum Gasteiger partial charge on any atom is -0.484 e. The molecule has 2 atom stereocenters. The first-order valence-corrected chi connectivity index (χ1v) is 6.48. The molecular weight excluding hydrogens is 228 g/mol. The molecule has 0 bridgehead atoms. The molecule has 1 aliphatic rings. The van der Waals surface area contributed by atoms with E-state index in [1.54, 1.807) is 0 Å². The average molecular weight is 248 g/mol. The van der Waals surface area contributed by atoms with Crippen LogP contribution in [0.15, 0.2) is 30.3 Å². The van der Waals surface area contributed by atoms with Crippen LogP contribution in [0.4, 0.5) is 0 Å². The summed E-state index contributed by atoms with van der Waals surface area (Å²) in [5.74, 6) is 0.613. The minimum atomic E-state index is -0.0961. The molecule has 0 aliphatic heterocycles. The van der Waals surface area contributed by atoms with E-state index >= 15 is 0 Å². The van der Waals surface area contributed by atoms with Crippen molar-refractivity contribution in [1.82, 2.24) is 5.32 Å². The van der Waals surface area contributed by atoms with E-state index in [1.807, 2.05) is 30.3 Å². The van der Waals surface area contributed by atoms with E-state index in [4.69, 9.17) is 10.5 Å². The molecule has 4 heteroatoms. The summed E-state index contributed by atoms with van der Waals surface area (Å²) in [5.41, 5.74) is 5.98. The lowest BCUT2D eigenvalue weighted by Gasteiger charge is -2.29. The molecule has 18 heavy (non-hydrogen) atoms. The third-order valence-corrected chi connectivity index (χ3v) is 3.28. The lowest BCUT2D eigenvalue weighted by molar-refractivity contribution is -0.124. The monoisotopic (exact) mass is 248 g/mol. The Balaban J connectivity index is 1.75. The summed E-state index contributed by atoms with van der Waals surface area (Å²) in [6.45, 7) is 0.0488. The molecule has 2 rings (SSSR count). The highest BCUT2D eigenvalue weighted by Crippen LogP contribution is 2.16. The Morgan fingerprint density at radius 3 is 2.72 bits per heavy atom. The Bertz CT molecular complexity index is 381. The van der Waals surface area contributed by atoms with Gasteiger partial charge in [-0.05, 0) is 25.0 Å². The van der Waals surface area contributed by atoms with Crippen molar-refractivity contribution in [3.8, 4) is 5.75 Å². The first-order valence-electron chi connectivity index (χ1n) is 6.48. The number of nitrogens with two attached hydrogens (primary N) is 1. The van der Waals surface area contributed by atoms with Gasteiger partial charge in [-0.2, -0.15) is 0 Å². The largest absolute Gasteiger partial charge is 0.484 e. The van der Waals surface area contributed by atoms with E-state index in [2.05, 4.69) is 5.32 Å². The van der Waals surface area contributed by atoms with Gasteiger partial charge in [-0.1, -0.05) is 31.0 Å². The molecule has 0 heterocycles. The zero-order chi connectivity index (χ0) is 12.8. The second kappa shape index (κ2) is 6.40. The van der Waals surface area contributed by atoms with Crippen LogP contribution >= 0.6 is 0 Å². The van der Waals surface area contributed by atoms with Crippen LogP contribution in [0.1, 0.15) is 25.7 Å². The SMILES string of the molecule is NC1CCCCC1NC(=O)COc1ccccc1. The van der Waals surface area contributed by atoms with Gasteiger partial charge in [-0.3, -0.25) is 4.79 Å². The van der Waals surface area contributed by atoms with E-state index in [9.17, 15) is 4.79 Å². The van der Waals surface area contributed by atoms with Gasteiger partial charge in [0, 0.05) is 12.1 Å².